The maximum Gasteiger partial charge on any atom is 0.264 e. The number of nitrogens with zero attached hydrogens (tertiary/aromatic N) is 2. The molecule has 4 rings (SSSR count). The number of carbonyl (C=O) groups is 2. The zero-order valence-electron chi connectivity index (χ0n) is 27.4. The predicted molar refractivity (Wildman–Crippen MR) is 187 cm³/mol. The molecule has 0 saturated carbocycles. The average Bonchev–Trinajstić information content (AvgIpc) is 3.02. The number of amides is 2. The van der Waals surface area contributed by atoms with Crippen LogP contribution >= 0.6 is 11.6 Å². The zero-order chi connectivity index (χ0) is 34.2. The van der Waals surface area contributed by atoms with Gasteiger partial charge in [-0.1, -0.05) is 71.8 Å². The van der Waals surface area contributed by atoms with Crippen LogP contribution in [-0.2, 0) is 32.6 Å². The molecule has 4 aromatic carbocycles. The summed E-state index contributed by atoms with van der Waals surface area (Å²) >= 11 is 6.08. The average molecular weight is 676 g/mol. The number of ether oxygens (including phenoxy) is 1. The molecule has 2 amide bonds. The quantitative estimate of drug-likeness (QED) is 0.168. The second-order valence-electron chi connectivity index (χ2n) is 12.3. The van der Waals surface area contributed by atoms with E-state index in [2.05, 4.69) is 5.32 Å². The Hall–Kier alpha value is -4.34. The molecule has 0 fully saturated rings. The van der Waals surface area contributed by atoms with Gasteiger partial charge in [0.15, 0.2) is 0 Å². The fourth-order valence-electron chi connectivity index (χ4n) is 5.15. The van der Waals surface area contributed by atoms with E-state index in [4.69, 9.17) is 16.3 Å². The van der Waals surface area contributed by atoms with Crippen molar-refractivity contribution in [1.29, 1.82) is 0 Å². The molecular weight excluding hydrogens is 634 g/mol. The minimum absolute atomic E-state index is 0.0277. The molecule has 1 atom stereocenters. The van der Waals surface area contributed by atoms with Gasteiger partial charge in [-0.25, -0.2) is 8.42 Å². The Balaban J connectivity index is 1.82. The van der Waals surface area contributed by atoms with Crippen molar-refractivity contribution in [3.05, 3.63) is 125 Å². The van der Waals surface area contributed by atoms with E-state index in [1.807, 2.05) is 89.2 Å². The van der Waals surface area contributed by atoms with Gasteiger partial charge in [0.05, 0.1) is 17.2 Å². The number of sulfonamides is 1. The molecule has 0 saturated heterocycles. The third kappa shape index (κ3) is 9.83. The van der Waals surface area contributed by atoms with E-state index >= 15 is 0 Å². The highest BCUT2D eigenvalue weighted by molar-refractivity contribution is 7.92. The van der Waals surface area contributed by atoms with Gasteiger partial charge in [0, 0.05) is 23.5 Å². The van der Waals surface area contributed by atoms with E-state index < -0.39 is 34.1 Å². The van der Waals surface area contributed by atoms with Crippen LogP contribution in [0.1, 0.15) is 44.4 Å². The molecule has 1 N–H and O–H groups in total. The van der Waals surface area contributed by atoms with E-state index in [-0.39, 0.29) is 29.5 Å². The van der Waals surface area contributed by atoms with Gasteiger partial charge in [-0.15, -0.1) is 0 Å². The molecule has 10 heteroatoms. The van der Waals surface area contributed by atoms with Gasteiger partial charge in [0.1, 0.15) is 18.3 Å². The molecule has 0 aliphatic rings. The van der Waals surface area contributed by atoms with Crippen LogP contribution in [0.3, 0.4) is 0 Å². The first-order valence-corrected chi connectivity index (χ1v) is 17.3. The summed E-state index contributed by atoms with van der Waals surface area (Å²) in [4.78, 5) is 30.1. The van der Waals surface area contributed by atoms with Crippen molar-refractivity contribution >= 4 is 39.1 Å². The van der Waals surface area contributed by atoms with Crippen LogP contribution in [0, 0.1) is 6.92 Å². The van der Waals surface area contributed by atoms with Crippen molar-refractivity contribution in [2.75, 3.05) is 17.5 Å². The van der Waals surface area contributed by atoms with E-state index in [0.717, 1.165) is 21.0 Å². The lowest BCUT2D eigenvalue weighted by Gasteiger charge is -2.35. The first kappa shape index (κ1) is 35.5. The summed E-state index contributed by atoms with van der Waals surface area (Å²) in [6.07, 6.45) is 0.229. The number of nitrogens with one attached hydrogen (secondary N) is 1. The van der Waals surface area contributed by atoms with Gasteiger partial charge < -0.3 is 15.0 Å². The Morgan fingerprint density at radius 3 is 2.11 bits per heavy atom. The summed E-state index contributed by atoms with van der Waals surface area (Å²) in [5.74, 6) is -0.312. The van der Waals surface area contributed by atoms with Crippen molar-refractivity contribution in [2.24, 2.45) is 0 Å². The standard InChI is InChI=1S/C37H42ClN3O5S/c1-6-46-32-19-17-31(18-20-32)41(47(44,45)33-21-15-30(38)16-22-33)26-35(42)40(25-29-14-10-11-27(2)23-29)34(36(43)39-37(3,4)5)24-28-12-8-7-9-13-28/h7-23,34H,6,24-26H2,1-5H3,(H,39,43)/t34-/m0/s1. The summed E-state index contributed by atoms with van der Waals surface area (Å²) < 4.78 is 35.0. The molecular formula is C37H42ClN3O5S. The second-order valence-corrected chi connectivity index (χ2v) is 14.6. The molecule has 248 valence electrons. The number of anilines is 1. The third-order valence-corrected chi connectivity index (χ3v) is 9.36. The number of hydrogen-bond acceptors (Lipinski definition) is 5. The topological polar surface area (TPSA) is 96.0 Å². The van der Waals surface area contributed by atoms with Crippen LogP contribution < -0.4 is 14.4 Å². The lowest BCUT2D eigenvalue weighted by atomic mass is 10.0. The number of hydrogen-bond donors (Lipinski definition) is 1. The smallest absolute Gasteiger partial charge is 0.264 e. The SMILES string of the molecule is CCOc1ccc(N(CC(=O)N(Cc2cccc(C)c2)[C@@H](Cc2ccccc2)C(=O)NC(C)(C)C)S(=O)(=O)c2ccc(Cl)cc2)cc1. The Bertz CT molecular complexity index is 1760. The monoisotopic (exact) mass is 675 g/mol. The minimum Gasteiger partial charge on any atom is -0.494 e. The normalized spacial score (nSPS) is 12.2. The highest BCUT2D eigenvalue weighted by atomic mass is 35.5. The van der Waals surface area contributed by atoms with E-state index in [9.17, 15) is 18.0 Å². The largest absolute Gasteiger partial charge is 0.494 e. The highest BCUT2D eigenvalue weighted by Crippen LogP contribution is 2.28. The summed E-state index contributed by atoms with van der Waals surface area (Å²) in [6.45, 7) is 9.42. The number of benzene rings is 4. The van der Waals surface area contributed by atoms with Gasteiger partial charge in [-0.2, -0.15) is 0 Å². The van der Waals surface area contributed by atoms with Crippen LogP contribution in [0.25, 0.3) is 0 Å². The van der Waals surface area contributed by atoms with Crippen LogP contribution in [0.2, 0.25) is 5.02 Å². The van der Waals surface area contributed by atoms with Crippen molar-refractivity contribution in [3.8, 4) is 5.75 Å². The van der Waals surface area contributed by atoms with Crippen molar-refractivity contribution in [2.45, 2.75) is 64.1 Å². The van der Waals surface area contributed by atoms with Crippen LogP contribution in [0.4, 0.5) is 5.69 Å². The molecule has 0 radical (unpaired) electrons. The van der Waals surface area contributed by atoms with Gasteiger partial charge in [-0.05, 0) is 94.3 Å². The Morgan fingerprint density at radius 2 is 1.51 bits per heavy atom. The Kier molecular flexibility index (Phi) is 11.7. The minimum atomic E-state index is -4.25. The van der Waals surface area contributed by atoms with Gasteiger partial charge in [0.2, 0.25) is 11.8 Å². The lowest BCUT2D eigenvalue weighted by Crippen LogP contribution is -2.56. The van der Waals surface area contributed by atoms with Crippen molar-refractivity contribution in [1.82, 2.24) is 10.2 Å². The van der Waals surface area contributed by atoms with E-state index in [1.54, 1.807) is 24.3 Å². The third-order valence-electron chi connectivity index (χ3n) is 7.32. The summed E-state index contributed by atoms with van der Waals surface area (Å²) in [5.41, 5.74) is 2.37. The molecule has 0 unspecified atom stereocenters. The predicted octanol–water partition coefficient (Wildman–Crippen LogP) is 6.80. The summed E-state index contributed by atoms with van der Waals surface area (Å²) in [6, 6.07) is 28.5. The number of halogens is 1. The molecule has 0 bridgehead atoms. The molecule has 8 nitrogen and oxygen atoms in total. The summed E-state index contributed by atoms with van der Waals surface area (Å²) in [7, 11) is -4.25. The fourth-order valence-corrected chi connectivity index (χ4v) is 6.69. The van der Waals surface area contributed by atoms with Gasteiger partial charge in [-0.3, -0.25) is 13.9 Å². The van der Waals surface area contributed by atoms with E-state index in [0.29, 0.717) is 17.4 Å². The first-order valence-electron chi connectivity index (χ1n) is 15.5. The zero-order valence-corrected chi connectivity index (χ0v) is 29.0. The van der Waals surface area contributed by atoms with Crippen molar-refractivity contribution in [3.63, 3.8) is 0 Å². The van der Waals surface area contributed by atoms with Crippen LogP contribution in [0.15, 0.2) is 108 Å². The molecule has 0 aromatic heterocycles. The molecule has 0 aliphatic carbocycles. The van der Waals surface area contributed by atoms with Gasteiger partial charge in [0.25, 0.3) is 10.0 Å². The number of rotatable bonds is 13. The summed E-state index contributed by atoms with van der Waals surface area (Å²) in [5, 5.41) is 3.43. The lowest BCUT2D eigenvalue weighted by molar-refractivity contribution is -0.140. The van der Waals surface area contributed by atoms with Crippen molar-refractivity contribution < 1.29 is 22.7 Å². The first-order chi connectivity index (χ1) is 22.3. The second kappa shape index (κ2) is 15.5. The molecule has 0 spiro atoms. The molecule has 0 aliphatic heterocycles. The highest BCUT2D eigenvalue weighted by Gasteiger charge is 2.35. The molecule has 0 heterocycles. The maximum absolute atomic E-state index is 14.6. The van der Waals surface area contributed by atoms with Crippen LogP contribution in [0.5, 0.6) is 5.75 Å². The Morgan fingerprint density at radius 1 is 0.872 bits per heavy atom. The fraction of sp³-hybridized carbons (Fsp3) is 0.297. The number of carbonyl (C=O) groups excluding carboxylic acids is 2. The van der Waals surface area contributed by atoms with Gasteiger partial charge >= 0.3 is 0 Å². The maximum atomic E-state index is 14.6. The van der Waals surface area contributed by atoms with Crippen LogP contribution in [-0.4, -0.2) is 49.9 Å². The Labute approximate surface area is 283 Å². The molecule has 4 aromatic rings. The molecule has 47 heavy (non-hydrogen) atoms. The number of aryl methyl sites for hydroxylation is 1. The van der Waals surface area contributed by atoms with E-state index in [1.165, 1.54) is 29.2 Å².